The third-order valence-electron chi connectivity index (χ3n) is 3.67. The van der Waals surface area contributed by atoms with Gasteiger partial charge in [-0.1, -0.05) is 17.3 Å². The van der Waals surface area contributed by atoms with Gasteiger partial charge in [0.15, 0.2) is 11.5 Å². The quantitative estimate of drug-likeness (QED) is 0.763. The zero-order chi connectivity index (χ0) is 18.0. The number of carbonyl (C=O) groups excluding carboxylic acids is 1. The maximum absolute atomic E-state index is 13.1. The lowest BCUT2D eigenvalue weighted by Gasteiger charge is -2.07. The normalized spacial score (nSPS) is 10.7. The molecular weight excluding hydrogens is 328 g/mol. The average molecular weight is 343 g/mol. The molecule has 0 atom stereocenters. The van der Waals surface area contributed by atoms with Gasteiger partial charge in [-0.3, -0.25) is 4.79 Å². The lowest BCUT2D eigenvalue weighted by molar-refractivity contribution is 0.102. The molecular formula is C17H15F2N5O. The summed E-state index contributed by atoms with van der Waals surface area (Å²) in [7, 11) is 0. The molecule has 8 heteroatoms. The van der Waals surface area contributed by atoms with E-state index in [0.717, 1.165) is 5.56 Å². The summed E-state index contributed by atoms with van der Waals surface area (Å²) >= 11 is 0. The minimum absolute atomic E-state index is 0.0363. The first kappa shape index (κ1) is 16.6. The molecule has 128 valence electrons. The summed E-state index contributed by atoms with van der Waals surface area (Å²) in [5, 5.41) is 10.3. The molecule has 3 rings (SSSR count). The predicted octanol–water partition coefficient (Wildman–Crippen LogP) is 2.75. The van der Waals surface area contributed by atoms with E-state index in [2.05, 4.69) is 15.6 Å². The molecule has 0 unspecified atom stereocenters. The van der Waals surface area contributed by atoms with Crippen LogP contribution in [-0.2, 0) is 6.54 Å². The summed E-state index contributed by atoms with van der Waals surface area (Å²) < 4.78 is 27.4. The molecule has 3 aromatic rings. The van der Waals surface area contributed by atoms with E-state index in [1.807, 2.05) is 0 Å². The number of amides is 1. The van der Waals surface area contributed by atoms with E-state index in [1.54, 1.807) is 19.1 Å². The first-order valence-corrected chi connectivity index (χ1v) is 7.45. The zero-order valence-corrected chi connectivity index (χ0v) is 13.3. The second-order valence-electron chi connectivity index (χ2n) is 5.52. The molecule has 0 saturated carbocycles. The van der Waals surface area contributed by atoms with Gasteiger partial charge in [0.05, 0.1) is 6.54 Å². The van der Waals surface area contributed by atoms with Crippen LogP contribution >= 0.6 is 0 Å². The number of aryl methyl sites for hydroxylation is 1. The van der Waals surface area contributed by atoms with Crippen LogP contribution in [0.15, 0.2) is 42.5 Å². The van der Waals surface area contributed by atoms with Crippen LogP contribution in [0.2, 0.25) is 0 Å². The Labute approximate surface area is 142 Å². The highest BCUT2D eigenvalue weighted by atomic mass is 19.1. The summed E-state index contributed by atoms with van der Waals surface area (Å²) in [6.07, 6.45) is 0. The zero-order valence-electron chi connectivity index (χ0n) is 13.3. The van der Waals surface area contributed by atoms with Gasteiger partial charge in [-0.25, -0.2) is 13.5 Å². The number of nitrogens with two attached hydrogens (primary N) is 1. The summed E-state index contributed by atoms with van der Waals surface area (Å²) in [6, 6.07) is 9.86. The fourth-order valence-electron chi connectivity index (χ4n) is 2.31. The second kappa shape index (κ2) is 6.68. The molecule has 0 spiro atoms. The number of nitrogen functional groups attached to an aromatic ring is 1. The summed E-state index contributed by atoms with van der Waals surface area (Å²) in [5.74, 6) is -1.19. The summed E-state index contributed by atoms with van der Waals surface area (Å²) in [6.45, 7) is 1.93. The Bertz CT molecular complexity index is 921. The Morgan fingerprint density at radius 1 is 1.16 bits per heavy atom. The van der Waals surface area contributed by atoms with E-state index in [9.17, 15) is 13.6 Å². The van der Waals surface area contributed by atoms with Crippen LogP contribution in [0.25, 0.3) is 0 Å². The van der Waals surface area contributed by atoms with Crippen molar-refractivity contribution in [3.8, 4) is 0 Å². The highest BCUT2D eigenvalue weighted by Gasteiger charge is 2.18. The highest BCUT2D eigenvalue weighted by molar-refractivity contribution is 6.06. The number of hydrogen-bond donors (Lipinski definition) is 2. The monoisotopic (exact) mass is 343 g/mol. The van der Waals surface area contributed by atoms with Gasteiger partial charge in [0.2, 0.25) is 0 Å². The Kier molecular flexibility index (Phi) is 4.42. The third-order valence-corrected chi connectivity index (χ3v) is 3.67. The number of nitrogens with one attached hydrogen (secondary N) is 1. The van der Waals surface area contributed by atoms with Crippen molar-refractivity contribution in [3.63, 3.8) is 0 Å². The van der Waals surface area contributed by atoms with Crippen LogP contribution in [0.5, 0.6) is 0 Å². The second-order valence-corrected chi connectivity index (χ2v) is 5.52. The van der Waals surface area contributed by atoms with E-state index in [4.69, 9.17) is 5.73 Å². The smallest absolute Gasteiger partial charge is 0.280 e. The number of aromatic nitrogens is 3. The molecule has 0 radical (unpaired) electrons. The van der Waals surface area contributed by atoms with Gasteiger partial charge in [-0.05, 0) is 48.4 Å². The maximum Gasteiger partial charge on any atom is 0.280 e. The lowest BCUT2D eigenvalue weighted by atomic mass is 10.2. The molecule has 0 aliphatic carbocycles. The standard InChI is InChI=1S/C17H15F2N5O/c1-10-8-13(19)6-7-14(10)21-17(25)15-16(20)24(23-22-15)9-11-2-4-12(18)5-3-11/h2-8H,9,20H2,1H3,(H,21,25). The molecule has 0 aliphatic rings. The van der Waals surface area contributed by atoms with Gasteiger partial charge in [0.25, 0.3) is 5.91 Å². The Hall–Kier alpha value is -3.29. The fourth-order valence-corrected chi connectivity index (χ4v) is 2.31. The highest BCUT2D eigenvalue weighted by Crippen LogP contribution is 2.18. The Balaban J connectivity index is 1.77. The number of hydrogen-bond acceptors (Lipinski definition) is 4. The van der Waals surface area contributed by atoms with Crippen LogP contribution in [-0.4, -0.2) is 20.9 Å². The van der Waals surface area contributed by atoms with Gasteiger partial charge in [-0.15, -0.1) is 5.10 Å². The molecule has 0 saturated heterocycles. The summed E-state index contributed by atoms with van der Waals surface area (Å²) in [5.41, 5.74) is 7.70. The van der Waals surface area contributed by atoms with Crippen LogP contribution in [0.4, 0.5) is 20.3 Å². The number of carbonyl (C=O) groups is 1. The van der Waals surface area contributed by atoms with Crippen molar-refractivity contribution in [2.24, 2.45) is 0 Å². The number of nitrogens with zero attached hydrogens (tertiary/aromatic N) is 3. The first-order valence-electron chi connectivity index (χ1n) is 7.45. The van der Waals surface area contributed by atoms with Crippen molar-refractivity contribution in [1.29, 1.82) is 0 Å². The van der Waals surface area contributed by atoms with Crippen LogP contribution in [0.1, 0.15) is 21.6 Å². The van der Waals surface area contributed by atoms with E-state index >= 15 is 0 Å². The molecule has 0 fully saturated rings. The number of anilines is 2. The van der Waals surface area contributed by atoms with Crippen molar-refractivity contribution < 1.29 is 13.6 Å². The topological polar surface area (TPSA) is 85.8 Å². The molecule has 1 amide bonds. The first-order chi connectivity index (χ1) is 11.9. The van der Waals surface area contributed by atoms with Crippen molar-refractivity contribution in [2.45, 2.75) is 13.5 Å². The number of halogens is 2. The van der Waals surface area contributed by atoms with E-state index in [-0.39, 0.29) is 29.7 Å². The molecule has 0 aliphatic heterocycles. The van der Waals surface area contributed by atoms with E-state index < -0.39 is 5.91 Å². The van der Waals surface area contributed by atoms with Crippen molar-refractivity contribution in [2.75, 3.05) is 11.1 Å². The fraction of sp³-hybridized carbons (Fsp3) is 0.118. The molecule has 2 aromatic carbocycles. The largest absolute Gasteiger partial charge is 0.382 e. The van der Waals surface area contributed by atoms with Gasteiger partial charge in [0, 0.05) is 5.69 Å². The van der Waals surface area contributed by atoms with Crippen molar-refractivity contribution >= 4 is 17.4 Å². The van der Waals surface area contributed by atoms with Crippen molar-refractivity contribution in [1.82, 2.24) is 15.0 Å². The Morgan fingerprint density at radius 2 is 1.84 bits per heavy atom. The van der Waals surface area contributed by atoms with Crippen molar-refractivity contribution in [3.05, 3.63) is 70.9 Å². The Morgan fingerprint density at radius 3 is 2.52 bits per heavy atom. The molecule has 25 heavy (non-hydrogen) atoms. The molecule has 1 aromatic heterocycles. The average Bonchev–Trinajstić information content (AvgIpc) is 2.93. The van der Waals surface area contributed by atoms with Crippen LogP contribution < -0.4 is 11.1 Å². The third kappa shape index (κ3) is 3.63. The van der Waals surface area contributed by atoms with Gasteiger partial charge in [-0.2, -0.15) is 0 Å². The van der Waals surface area contributed by atoms with E-state index in [0.29, 0.717) is 11.3 Å². The predicted molar refractivity (Wildman–Crippen MR) is 89.0 cm³/mol. The van der Waals surface area contributed by atoms with Crippen LogP contribution in [0, 0.1) is 18.6 Å². The summed E-state index contributed by atoms with van der Waals surface area (Å²) in [4.78, 5) is 12.3. The van der Waals surface area contributed by atoms with Gasteiger partial charge >= 0.3 is 0 Å². The molecule has 0 bridgehead atoms. The number of rotatable bonds is 4. The van der Waals surface area contributed by atoms with Crippen LogP contribution in [0.3, 0.4) is 0 Å². The minimum atomic E-state index is -0.544. The lowest BCUT2D eigenvalue weighted by Crippen LogP contribution is -2.16. The molecule has 3 N–H and O–H groups in total. The minimum Gasteiger partial charge on any atom is -0.382 e. The SMILES string of the molecule is Cc1cc(F)ccc1NC(=O)c1nnn(Cc2ccc(F)cc2)c1N. The number of benzene rings is 2. The van der Waals surface area contributed by atoms with Gasteiger partial charge < -0.3 is 11.1 Å². The molecule has 1 heterocycles. The molecule has 6 nitrogen and oxygen atoms in total. The van der Waals surface area contributed by atoms with Gasteiger partial charge in [0.1, 0.15) is 11.6 Å². The van der Waals surface area contributed by atoms with E-state index in [1.165, 1.54) is 35.0 Å². The maximum atomic E-state index is 13.1.